The van der Waals surface area contributed by atoms with Gasteiger partial charge in [-0.3, -0.25) is 9.30 Å². The van der Waals surface area contributed by atoms with E-state index in [1.165, 1.54) is 10.4 Å². The molecule has 0 spiro atoms. The van der Waals surface area contributed by atoms with E-state index in [0.29, 0.717) is 19.6 Å². The molecule has 0 bridgehead atoms. The van der Waals surface area contributed by atoms with Gasteiger partial charge in [0.05, 0.1) is 11.5 Å². The molecule has 0 radical (unpaired) electrons. The van der Waals surface area contributed by atoms with E-state index in [1.807, 2.05) is 24.4 Å². The summed E-state index contributed by atoms with van der Waals surface area (Å²) in [6.07, 6.45) is 1.87. The Hall–Kier alpha value is -2.49. The van der Waals surface area contributed by atoms with Gasteiger partial charge in [0.2, 0.25) is 0 Å². The predicted octanol–water partition coefficient (Wildman–Crippen LogP) is 3.06. The van der Waals surface area contributed by atoms with Crippen molar-refractivity contribution in [3.05, 3.63) is 48.3 Å². The highest BCUT2D eigenvalue weighted by Crippen LogP contribution is 2.35. The van der Waals surface area contributed by atoms with Gasteiger partial charge < -0.3 is 5.32 Å². The lowest BCUT2D eigenvalue weighted by atomic mass is 10.2. The highest BCUT2D eigenvalue weighted by atomic mass is 32.2. The van der Waals surface area contributed by atoms with Gasteiger partial charge in [-0.1, -0.05) is 30.3 Å². The van der Waals surface area contributed by atoms with E-state index in [4.69, 9.17) is 4.98 Å². The van der Waals surface area contributed by atoms with Crippen molar-refractivity contribution in [3.63, 3.8) is 0 Å². The zero-order valence-corrected chi connectivity index (χ0v) is 18.3. The molecule has 0 atom stereocenters. The Balaban J connectivity index is 1.42. The fourth-order valence-electron chi connectivity index (χ4n) is 3.81. The quantitative estimate of drug-likeness (QED) is 0.513. The zero-order valence-electron chi connectivity index (χ0n) is 16.7. The molecule has 3 aromatic heterocycles. The number of sulfone groups is 1. The van der Waals surface area contributed by atoms with Crippen molar-refractivity contribution in [3.8, 4) is 10.4 Å². The van der Waals surface area contributed by atoms with E-state index in [1.54, 1.807) is 11.3 Å². The average molecular weight is 442 g/mol. The molecule has 1 saturated heterocycles. The van der Waals surface area contributed by atoms with Crippen LogP contribution in [0.25, 0.3) is 26.4 Å². The number of nitrogens with zero attached hydrogens (tertiary/aromatic N) is 4. The van der Waals surface area contributed by atoms with Gasteiger partial charge in [-0.05, 0) is 18.6 Å². The lowest BCUT2D eigenvalue weighted by Gasteiger charge is -2.26. The molecule has 1 aliphatic heterocycles. The maximum atomic E-state index is 11.6. The third-order valence-electron chi connectivity index (χ3n) is 5.49. The molecule has 1 aromatic carbocycles. The molecular weight excluding hydrogens is 418 g/mol. The SMILES string of the molecule is Cc1cnc2c(NCCN3CCS(=O)(=O)CC3)nc3cc(-c4ccccc4)sc3n12. The number of nitrogens with one attached hydrogen (secondary N) is 1. The fourth-order valence-corrected chi connectivity index (χ4v) is 6.25. The van der Waals surface area contributed by atoms with E-state index >= 15 is 0 Å². The van der Waals surface area contributed by atoms with Crippen LogP contribution in [0, 0.1) is 6.92 Å². The van der Waals surface area contributed by atoms with E-state index in [0.717, 1.165) is 34.1 Å². The van der Waals surface area contributed by atoms with Crippen LogP contribution in [0.3, 0.4) is 0 Å². The smallest absolute Gasteiger partial charge is 0.181 e. The predicted molar refractivity (Wildman–Crippen MR) is 122 cm³/mol. The summed E-state index contributed by atoms with van der Waals surface area (Å²) in [6, 6.07) is 12.5. The van der Waals surface area contributed by atoms with Gasteiger partial charge >= 0.3 is 0 Å². The molecule has 1 fully saturated rings. The van der Waals surface area contributed by atoms with E-state index in [-0.39, 0.29) is 11.5 Å². The second-order valence-electron chi connectivity index (χ2n) is 7.61. The van der Waals surface area contributed by atoms with E-state index in [9.17, 15) is 8.42 Å². The minimum atomic E-state index is -2.85. The number of fused-ring (bicyclic) bond motifs is 3. The van der Waals surface area contributed by atoms with Crippen LogP contribution >= 0.6 is 11.3 Å². The van der Waals surface area contributed by atoms with Crippen molar-refractivity contribution in [2.45, 2.75) is 6.92 Å². The molecule has 0 saturated carbocycles. The van der Waals surface area contributed by atoms with Crippen LogP contribution < -0.4 is 5.32 Å². The Labute approximate surface area is 179 Å². The lowest BCUT2D eigenvalue weighted by molar-refractivity contribution is 0.307. The molecule has 5 rings (SSSR count). The molecule has 7 nitrogen and oxygen atoms in total. The van der Waals surface area contributed by atoms with Crippen molar-refractivity contribution in [1.82, 2.24) is 19.3 Å². The van der Waals surface area contributed by atoms with Gasteiger partial charge in [0.1, 0.15) is 10.3 Å². The minimum Gasteiger partial charge on any atom is -0.366 e. The molecule has 0 unspecified atom stereocenters. The molecule has 0 aliphatic carbocycles. The van der Waals surface area contributed by atoms with Crippen LogP contribution in [-0.4, -0.2) is 65.4 Å². The third-order valence-corrected chi connectivity index (χ3v) is 8.26. The fraction of sp³-hybridized carbons (Fsp3) is 0.333. The van der Waals surface area contributed by atoms with Gasteiger partial charge in [0.15, 0.2) is 21.3 Å². The number of hydrogen-bond acceptors (Lipinski definition) is 7. The molecule has 9 heteroatoms. The number of anilines is 1. The summed E-state index contributed by atoms with van der Waals surface area (Å²) >= 11 is 1.72. The summed E-state index contributed by atoms with van der Waals surface area (Å²) in [4.78, 5) is 13.9. The summed E-state index contributed by atoms with van der Waals surface area (Å²) in [5.41, 5.74) is 4.02. The highest BCUT2D eigenvalue weighted by molar-refractivity contribution is 7.91. The number of benzene rings is 1. The first-order valence-electron chi connectivity index (χ1n) is 10.00. The standard InChI is InChI=1S/C21H23N5O2S2/c1-15-14-23-20-19(22-7-8-25-9-11-30(27,28)12-10-25)24-17-13-18(29-21(17)26(15)20)16-5-3-2-4-6-16/h2-6,13-14H,7-12H2,1H3,(H,22,24). The van der Waals surface area contributed by atoms with E-state index < -0.39 is 9.84 Å². The number of aromatic nitrogens is 3. The molecule has 1 aliphatic rings. The van der Waals surface area contributed by atoms with Crippen molar-refractivity contribution < 1.29 is 8.42 Å². The molecule has 156 valence electrons. The summed E-state index contributed by atoms with van der Waals surface area (Å²) in [5, 5.41) is 3.43. The molecule has 30 heavy (non-hydrogen) atoms. The second kappa shape index (κ2) is 7.64. The Morgan fingerprint density at radius 3 is 2.70 bits per heavy atom. The monoisotopic (exact) mass is 441 g/mol. The maximum Gasteiger partial charge on any atom is 0.181 e. The molecule has 4 heterocycles. The topological polar surface area (TPSA) is 79.6 Å². The van der Waals surface area contributed by atoms with Gasteiger partial charge in [0, 0.05) is 42.9 Å². The van der Waals surface area contributed by atoms with Crippen LogP contribution in [0.4, 0.5) is 5.82 Å². The largest absolute Gasteiger partial charge is 0.366 e. The van der Waals surface area contributed by atoms with Crippen molar-refractivity contribution in [1.29, 1.82) is 0 Å². The van der Waals surface area contributed by atoms with Gasteiger partial charge in [-0.15, -0.1) is 11.3 Å². The Bertz CT molecular complexity index is 1300. The first-order chi connectivity index (χ1) is 14.5. The summed E-state index contributed by atoms with van der Waals surface area (Å²) in [6.45, 7) is 4.72. The first-order valence-corrected chi connectivity index (χ1v) is 12.6. The Kier molecular flexibility index (Phi) is 4.96. The number of imidazole rings is 1. The molecular formula is C21H23N5O2S2. The number of aryl methyl sites for hydroxylation is 1. The Morgan fingerprint density at radius 1 is 1.17 bits per heavy atom. The van der Waals surface area contributed by atoms with Crippen molar-refractivity contribution >= 4 is 43.0 Å². The van der Waals surface area contributed by atoms with Crippen molar-refractivity contribution in [2.24, 2.45) is 0 Å². The summed E-state index contributed by atoms with van der Waals surface area (Å²) in [5.74, 6) is 1.26. The molecule has 4 aromatic rings. The number of hydrogen-bond donors (Lipinski definition) is 1. The van der Waals surface area contributed by atoms with Gasteiger partial charge in [-0.25, -0.2) is 18.4 Å². The van der Waals surface area contributed by atoms with E-state index in [2.05, 4.69) is 44.7 Å². The molecule has 1 N–H and O–H groups in total. The van der Waals surface area contributed by atoms with Crippen LogP contribution in [0.2, 0.25) is 0 Å². The van der Waals surface area contributed by atoms with Crippen LogP contribution in [0.1, 0.15) is 5.69 Å². The highest BCUT2D eigenvalue weighted by Gasteiger charge is 2.21. The third kappa shape index (κ3) is 3.68. The van der Waals surface area contributed by atoms with Gasteiger partial charge in [0.25, 0.3) is 0 Å². The summed E-state index contributed by atoms with van der Waals surface area (Å²) in [7, 11) is -2.85. The van der Waals surface area contributed by atoms with Crippen molar-refractivity contribution in [2.75, 3.05) is 43.0 Å². The normalized spacial score (nSPS) is 17.0. The lowest BCUT2D eigenvalue weighted by Crippen LogP contribution is -2.42. The number of rotatable bonds is 5. The minimum absolute atomic E-state index is 0.248. The second-order valence-corrected chi connectivity index (χ2v) is 10.9. The average Bonchev–Trinajstić information content (AvgIpc) is 3.33. The maximum absolute atomic E-state index is 11.6. The van der Waals surface area contributed by atoms with Crippen LogP contribution in [0.15, 0.2) is 42.6 Å². The molecule has 0 amide bonds. The van der Waals surface area contributed by atoms with Crippen LogP contribution in [0.5, 0.6) is 0 Å². The zero-order chi connectivity index (χ0) is 20.7. The van der Waals surface area contributed by atoms with Gasteiger partial charge in [-0.2, -0.15) is 0 Å². The number of thiophene rings is 1. The Morgan fingerprint density at radius 2 is 1.93 bits per heavy atom. The van der Waals surface area contributed by atoms with Crippen LogP contribution in [-0.2, 0) is 9.84 Å². The summed E-state index contributed by atoms with van der Waals surface area (Å²) < 4.78 is 25.4. The first kappa shape index (κ1) is 19.5.